The molecule has 0 saturated heterocycles. The lowest BCUT2D eigenvalue weighted by molar-refractivity contribution is 0.277. The van der Waals surface area contributed by atoms with Crippen LogP contribution in [0, 0.1) is 5.92 Å². The van der Waals surface area contributed by atoms with Gasteiger partial charge in [0.05, 0.1) is 12.3 Å². The van der Waals surface area contributed by atoms with Crippen LogP contribution in [0.3, 0.4) is 0 Å². The molecule has 0 fully saturated rings. The molecular formula is C9H16N2OS. The summed E-state index contributed by atoms with van der Waals surface area (Å²) >= 11 is 1.59. The molecule has 0 atom stereocenters. The Kier molecular flexibility index (Phi) is 4.35. The van der Waals surface area contributed by atoms with Crippen molar-refractivity contribution in [3.8, 4) is 0 Å². The van der Waals surface area contributed by atoms with Crippen molar-refractivity contribution in [1.82, 2.24) is 10.3 Å². The largest absolute Gasteiger partial charge is 0.390 e. The Morgan fingerprint density at radius 3 is 2.92 bits per heavy atom. The molecule has 1 aromatic rings. The van der Waals surface area contributed by atoms with Gasteiger partial charge in [0.1, 0.15) is 5.01 Å². The van der Waals surface area contributed by atoms with Crippen LogP contribution in [-0.2, 0) is 13.2 Å². The molecule has 0 aliphatic rings. The maximum Gasteiger partial charge on any atom is 0.107 e. The third kappa shape index (κ3) is 3.85. The number of thiazole rings is 1. The SMILES string of the molecule is CC(C)CNCc1nc(CO)cs1. The maximum absolute atomic E-state index is 8.79. The predicted octanol–water partition coefficient (Wildman–Crippen LogP) is 1.38. The second kappa shape index (κ2) is 5.32. The van der Waals surface area contributed by atoms with Crippen molar-refractivity contribution >= 4 is 11.3 Å². The molecule has 1 rings (SSSR count). The van der Waals surface area contributed by atoms with Crippen LogP contribution in [0.4, 0.5) is 0 Å². The highest BCUT2D eigenvalue weighted by Crippen LogP contribution is 2.09. The van der Waals surface area contributed by atoms with Gasteiger partial charge in [-0.25, -0.2) is 4.98 Å². The number of aliphatic hydroxyl groups excluding tert-OH is 1. The molecule has 0 radical (unpaired) electrons. The highest BCUT2D eigenvalue weighted by atomic mass is 32.1. The zero-order valence-corrected chi connectivity index (χ0v) is 8.90. The molecule has 1 heterocycles. The van der Waals surface area contributed by atoms with Crippen molar-refractivity contribution in [2.75, 3.05) is 6.54 Å². The summed E-state index contributed by atoms with van der Waals surface area (Å²) in [7, 11) is 0. The number of hydrogen-bond donors (Lipinski definition) is 2. The van der Waals surface area contributed by atoms with Crippen molar-refractivity contribution in [2.45, 2.75) is 27.0 Å². The summed E-state index contributed by atoms with van der Waals surface area (Å²) < 4.78 is 0. The molecule has 0 aliphatic heterocycles. The molecule has 74 valence electrons. The van der Waals surface area contributed by atoms with Gasteiger partial charge in [0.2, 0.25) is 0 Å². The van der Waals surface area contributed by atoms with E-state index in [2.05, 4.69) is 24.1 Å². The third-order valence-electron chi connectivity index (χ3n) is 1.59. The number of rotatable bonds is 5. The summed E-state index contributed by atoms with van der Waals surface area (Å²) in [6.45, 7) is 6.21. The van der Waals surface area contributed by atoms with Crippen molar-refractivity contribution in [3.05, 3.63) is 16.1 Å². The lowest BCUT2D eigenvalue weighted by Crippen LogP contribution is -2.18. The van der Waals surface area contributed by atoms with E-state index in [1.54, 1.807) is 11.3 Å². The van der Waals surface area contributed by atoms with Crippen LogP contribution in [0.5, 0.6) is 0 Å². The zero-order chi connectivity index (χ0) is 9.68. The first-order chi connectivity index (χ1) is 6.22. The third-order valence-corrected chi connectivity index (χ3v) is 2.49. The Morgan fingerprint density at radius 1 is 1.62 bits per heavy atom. The molecule has 1 aromatic heterocycles. The van der Waals surface area contributed by atoms with Gasteiger partial charge in [-0.05, 0) is 12.5 Å². The van der Waals surface area contributed by atoms with Gasteiger partial charge in [0.15, 0.2) is 0 Å². The van der Waals surface area contributed by atoms with E-state index < -0.39 is 0 Å². The summed E-state index contributed by atoms with van der Waals surface area (Å²) in [5.41, 5.74) is 0.770. The monoisotopic (exact) mass is 200 g/mol. The first-order valence-corrected chi connectivity index (χ1v) is 5.35. The van der Waals surface area contributed by atoms with E-state index in [-0.39, 0.29) is 6.61 Å². The minimum absolute atomic E-state index is 0.0423. The minimum Gasteiger partial charge on any atom is -0.390 e. The van der Waals surface area contributed by atoms with Gasteiger partial charge in [-0.2, -0.15) is 0 Å². The van der Waals surface area contributed by atoms with Crippen molar-refractivity contribution in [3.63, 3.8) is 0 Å². The summed E-state index contributed by atoms with van der Waals surface area (Å²) in [6.07, 6.45) is 0. The molecule has 0 bridgehead atoms. The fourth-order valence-electron chi connectivity index (χ4n) is 0.971. The smallest absolute Gasteiger partial charge is 0.107 e. The van der Waals surface area contributed by atoms with Crippen molar-refractivity contribution < 1.29 is 5.11 Å². The molecule has 13 heavy (non-hydrogen) atoms. The first-order valence-electron chi connectivity index (χ1n) is 4.47. The molecule has 0 saturated carbocycles. The molecule has 0 aliphatic carbocycles. The van der Waals surface area contributed by atoms with Gasteiger partial charge in [0, 0.05) is 11.9 Å². The van der Waals surface area contributed by atoms with Gasteiger partial charge in [-0.3, -0.25) is 0 Å². The average molecular weight is 200 g/mol. The second-order valence-corrected chi connectivity index (χ2v) is 4.36. The molecule has 0 aromatic carbocycles. The summed E-state index contributed by atoms with van der Waals surface area (Å²) in [5, 5.41) is 15.0. The molecule has 0 amide bonds. The summed E-state index contributed by atoms with van der Waals surface area (Å²) in [5.74, 6) is 0.664. The highest BCUT2D eigenvalue weighted by Gasteiger charge is 2.00. The van der Waals surface area contributed by atoms with Gasteiger partial charge < -0.3 is 10.4 Å². The minimum atomic E-state index is 0.0423. The Bertz CT molecular complexity index is 248. The first kappa shape index (κ1) is 10.6. The highest BCUT2D eigenvalue weighted by molar-refractivity contribution is 7.09. The van der Waals surface area contributed by atoms with Crippen LogP contribution in [0.1, 0.15) is 24.5 Å². The van der Waals surface area contributed by atoms with E-state index in [4.69, 9.17) is 5.11 Å². The van der Waals surface area contributed by atoms with Crippen LogP contribution in [-0.4, -0.2) is 16.6 Å². The lowest BCUT2D eigenvalue weighted by Gasteiger charge is -2.04. The Balaban J connectivity index is 2.28. The fraction of sp³-hybridized carbons (Fsp3) is 0.667. The Morgan fingerprint density at radius 2 is 2.38 bits per heavy atom. The van der Waals surface area contributed by atoms with Gasteiger partial charge in [-0.15, -0.1) is 11.3 Å². The zero-order valence-electron chi connectivity index (χ0n) is 8.08. The standard InChI is InChI=1S/C9H16N2OS/c1-7(2)3-10-4-9-11-8(5-12)6-13-9/h6-7,10,12H,3-5H2,1-2H3. The van der Waals surface area contributed by atoms with Crippen molar-refractivity contribution in [1.29, 1.82) is 0 Å². The van der Waals surface area contributed by atoms with E-state index in [9.17, 15) is 0 Å². The van der Waals surface area contributed by atoms with Gasteiger partial charge >= 0.3 is 0 Å². The predicted molar refractivity (Wildman–Crippen MR) is 54.6 cm³/mol. The molecule has 2 N–H and O–H groups in total. The number of aliphatic hydroxyl groups is 1. The second-order valence-electron chi connectivity index (χ2n) is 3.42. The van der Waals surface area contributed by atoms with Crippen molar-refractivity contribution in [2.24, 2.45) is 5.92 Å². The van der Waals surface area contributed by atoms with E-state index in [1.165, 1.54) is 0 Å². The lowest BCUT2D eigenvalue weighted by atomic mass is 10.2. The van der Waals surface area contributed by atoms with E-state index in [1.807, 2.05) is 5.38 Å². The normalized spacial score (nSPS) is 11.1. The maximum atomic E-state index is 8.79. The summed E-state index contributed by atoms with van der Waals surface area (Å²) in [4.78, 5) is 4.23. The van der Waals surface area contributed by atoms with Crippen LogP contribution >= 0.6 is 11.3 Å². The van der Waals surface area contributed by atoms with Gasteiger partial charge in [-0.1, -0.05) is 13.8 Å². The fourth-order valence-corrected chi connectivity index (χ4v) is 1.73. The molecule has 3 nitrogen and oxygen atoms in total. The molecule has 0 unspecified atom stereocenters. The van der Waals surface area contributed by atoms with Crippen LogP contribution in [0.25, 0.3) is 0 Å². The van der Waals surface area contributed by atoms with Gasteiger partial charge in [0.25, 0.3) is 0 Å². The van der Waals surface area contributed by atoms with E-state index in [0.717, 1.165) is 23.8 Å². The number of hydrogen-bond acceptors (Lipinski definition) is 4. The average Bonchev–Trinajstić information content (AvgIpc) is 2.52. The van der Waals surface area contributed by atoms with E-state index in [0.29, 0.717) is 5.92 Å². The molecule has 0 spiro atoms. The number of aromatic nitrogens is 1. The quantitative estimate of drug-likeness (QED) is 0.755. The Hall–Kier alpha value is -0.450. The molecule has 4 heteroatoms. The topological polar surface area (TPSA) is 45.2 Å². The molecular weight excluding hydrogens is 184 g/mol. The summed E-state index contributed by atoms with van der Waals surface area (Å²) in [6, 6.07) is 0. The number of nitrogens with one attached hydrogen (secondary N) is 1. The van der Waals surface area contributed by atoms with Crippen LogP contribution in [0.15, 0.2) is 5.38 Å². The Labute approximate surface area is 82.8 Å². The van der Waals surface area contributed by atoms with Crippen LogP contribution in [0.2, 0.25) is 0 Å². The van der Waals surface area contributed by atoms with Crippen LogP contribution < -0.4 is 5.32 Å². The number of nitrogens with zero attached hydrogens (tertiary/aromatic N) is 1. The van der Waals surface area contributed by atoms with E-state index >= 15 is 0 Å².